The van der Waals surface area contributed by atoms with Crippen LogP contribution in [0.25, 0.3) is 11.0 Å². The van der Waals surface area contributed by atoms with Gasteiger partial charge in [-0.25, -0.2) is 4.98 Å². The number of methoxy groups -OCH3 is 1. The van der Waals surface area contributed by atoms with Gasteiger partial charge >= 0.3 is 6.61 Å². The number of benzene rings is 2. The van der Waals surface area contributed by atoms with Crippen LogP contribution in [0.3, 0.4) is 0 Å². The number of nitrogens with zero attached hydrogens (tertiary/aromatic N) is 3. The summed E-state index contributed by atoms with van der Waals surface area (Å²) in [4.78, 5) is 8.56. The largest absolute Gasteiger partial charge is 0.497 e. The Labute approximate surface area is 196 Å². The van der Waals surface area contributed by atoms with Gasteiger partial charge in [0.05, 0.1) is 24.5 Å². The second-order valence-corrected chi connectivity index (χ2v) is 6.48. The van der Waals surface area contributed by atoms with Crippen LogP contribution < -0.4 is 20.1 Å². The Morgan fingerprint density at radius 1 is 1.19 bits per heavy atom. The van der Waals surface area contributed by atoms with Crippen molar-refractivity contribution >= 4 is 41.0 Å². The highest BCUT2D eigenvalue weighted by molar-refractivity contribution is 14.0. The topological polar surface area (TPSA) is 72.7 Å². The van der Waals surface area contributed by atoms with Crippen molar-refractivity contribution in [1.29, 1.82) is 0 Å². The number of fused-ring (bicyclic) bond motifs is 1. The van der Waals surface area contributed by atoms with Gasteiger partial charge in [0, 0.05) is 32.2 Å². The second-order valence-electron chi connectivity index (χ2n) is 6.48. The smallest absolute Gasteiger partial charge is 0.387 e. The van der Waals surface area contributed by atoms with Crippen LogP contribution >= 0.6 is 24.0 Å². The minimum atomic E-state index is -2.89. The van der Waals surface area contributed by atoms with Gasteiger partial charge in [0.1, 0.15) is 11.5 Å². The van der Waals surface area contributed by atoms with Crippen LogP contribution in [-0.2, 0) is 13.1 Å². The zero-order valence-corrected chi connectivity index (χ0v) is 19.7. The number of aromatic nitrogens is 2. The Hall–Kier alpha value is -2.63. The fourth-order valence-electron chi connectivity index (χ4n) is 3.08. The second kappa shape index (κ2) is 12.3. The number of imidazole rings is 1. The third-order valence-corrected chi connectivity index (χ3v) is 4.55. The lowest BCUT2D eigenvalue weighted by Crippen LogP contribution is -2.37. The molecule has 7 nitrogen and oxygen atoms in total. The zero-order valence-electron chi connectivity index (χ0n) is 17.3. The lowest BCUT2D eigenvalue weighted by Gasteiger charge is -2.15. The van der Waals surface area contributed by atoms with Crippen molar-refractivity contribution < 1.29 is 18.3 Å². The van der Waals surface area contributed by atoms with Crippen molar-refractivity contribution in [3.05, 3.63) is 54.4 Å². The Morgan fingerprint density at radius 3 is 2.74 bits per heavy atom. The molecule has 0 spiro atoms. The summed E-state index contributed by atoms with van der Waals surface area (Å²) in [5.74, 6) is 1.22. The van der Waals surface area contributed by atoms with Crippen LogP contribution in [-0.4, -0.2) is 42.8 Å². The molecule has 0 unspecified atom stereocenters. The predicted molar refractivity (Wildman–Crippen MR) is 128 cm³/mol. The molecule has 2 aromatic carbocycles. The van der Waals surface area contributed by atoms with Crippen LogP contribution in [0.5, 0.6) is 11.5 Å². The molecule has 0 bridgehead atoms. The van der Waals surface area contributed by atoms with Gasteiger partial charge in [0.25, 0.3) is 0 Å². The molecule has 0 fully saturated rings. The molecule has 1 aromatic heterocycles. The van der Waals surface area contributed by atoms with Gasteiger partial charge in [-0.05, 0) is 36.8 Å². The summed E-state index contributed by atoms with van der Waals surface area (Å²) in [6.45, 7) is -1.14. The van der Waals surface area contributed by atoms with Crippen molar-refractivity contribution in [2.45, 2.75) is 26.1 Å². The van der Waals surface area contributed by atoms with E-state index in [2.05, 4.69) is 29.9 Å². The fraction of sp³-hybridized carbons (Fsp3) is 0.333. The molecule has 0 radical (unpaired) electrons. The number of hydrogen-bond acceptors (Lipinski definition) is 4. The van der Waals surface area contributed by atoms with Gasteiger partial charge in [-0.1, -0.05) is 12.1 Å². The molecule has 1 heterocycles. The van der Waals surface area contributed by atoms with E-state index in [0.29, 0.717) is 23.8 Å². The molecule has 3 aromatic rings. The van der Waals surface area contributed by atoms with Crippen LogP contribution in [0.4, 0.5) is 8.78 Å². The maximum Gasteiger partial charge on any atom is 0.387 e. The molecule has 2 N–H and O–H groups in total. The van der Waals surface area contributed by atoms with Crippen LogP contribution in [0.15, 0.2) is 53.8 Å². The van der Waals surface area contributed by atoms with Crippen molar-refractivity contribution in [1.82, 2.24) is 20.2 Å². The molecule has 0 aliphatic carbocycles. The normalized spacial score (nSPS) is 11.3. The van der Waals surface area contributed by atoms with E-state index in [1.807, 2.05) is 30.6 Å². The van der Waals surface area contributed by atoms with Gasteiger partial charge in [-0.15, -0.1) is 24.0 Å². The van der Waals surface area contributed by atoms with Crippen molar-refractivity contribution in [3.63, 3.8) is 0 Å². The Morgan fingerprint density at radius 2 is 2.00 bits per heavy atom. The standard InChI is InChI=1S/C21H25F2N5O2.HI/c1-24-21(25-10-5-11-28-14-27-17-6-3-4-7-18(17)28)26-13-15-12-16(29-2)8-9-19(15)30-20(22)23;/h3-4,6-9,12,14,20H,5,10-11,13H2,1-2H3,(H2,24,25,26);1H. The van der Waals surface area contributed by atoms with Crippen molar-refractivity contribution in [3.8, 4) is 11.5 Å². The Kier molecular flexibility index (Phi) is 9.76. The maximum absolute atomic E-state index is 12.7. The number of halogens is 3. The first-order valence-corrected chi connectivity index (χ1v) is 9.57. The average molecular weight is 545 g/mol. The first-order chi connectivity index (χ1) is 14.6. The molecule has 168 valence electrons. The first-order valence-electron chi connectivity index (χ1n) is 9.57. The van der Waals surface area contributed by atoms with Gasteiger partial charge in [-0.3, -0.25) is 4.99 Å². The van der Waals surface area contributed by atoms with Gasteiger partial charge < -0.3 is 24.7 Å². The highest BCUT2D eigenvalue weighted by atomic mass is 127. The van der Waals surface area contributed by atoms with E-state index in [0.717, 1.165) is 24.0 Å². The molecule has 0 saturated heterocycles. The summed E-state index contributed by atoms with van der Waals surface area (Å²) in [6, 6.07) is 12.7. The highest BCUT2D eigenvalue weighted by Gasteiger charge is 2.11. The Bertz CT molecular complexity index is 997. The Balaban J connectivity index is 0.00000341. The first kappa shape index (κ1) is 24.6. The van der Waals surface area contributed by atoms with E-state index < -0.39 is 6.61 Å². The fourth-order valence-corrected chi connectivity index (χ4v) is 3.08. The molecular weight excluding hydrogens is 519 g/mol. The molecule has 0 aliphatic rings. The van der Waals surface area contributed by atoms with Crippen LogP contribution in [0.2, 0.25) is 0 Å². The molecule has 0 aliphatic heterocycles. The van der Waals surface area contributed by atoms with Gasteiger partial charge in [0.2, 0.25) is 0 Å². The van der Waals surface area contributed by atoms with E-state index in [4.69, 9.17) is 4.74 Å². The monoisotopic (exact) mass is 545 g/mol. The third kappa shape index (κ3) is 6.94. The highest BCUT2D eigenvalue weighted by Crippen LogP contribution is 2.25. The molecule has 3 rings (SSSR count). The molecule has 0 atom stereocenters. The summed E-state index contributed by atoms with van der Waals surface area (Å²) in [7, 11) is 3.17. The molecule has 10 heteroatoms. The number of hydrogen-bond donors (Lipinski definition) is 2. The summed E-state index contributed by atoms with van der Waals surface area (Å²) in [5, 5.41) is 6.34. The molecule has 0 saturated carbocycles. The zero-order chi connectivity index (χ0) is 21.3. The van der Waals surface area contributed by atoms with Gasteiger partial charge in [0.15, 0.2) is 5.96 Å². The van der Waals surface area contributed by atoms with Crippen molar-refractivity contribution in [2.75, 3.05) is 20.7 Å². The number of guanidine groups is 1. The molecule has 31 heavy (non-hydrogen) atoms. The van der Waals surface area contributed by atoms with E-state index >= 15 is 0 Å². The summed E-state index contributed by atoms with van der Waals surface area (Å²) in [5.41, 5.74) is 2.62. The van der Waals surface area contributed by atoms with E-state index in [1.54, 1.807) is 19.2 Å². The number of para-hydroxylation sites is 2. The van der Waals surface area contributed by atoms with Crippen LogP contribution in [0, 0.1) is 0 Å². The number of ether oxygens (including phenoxy) is 2. The molecule has 0 amide bonds. The summed E-state index contributed by atoms with van der Waals surface area (Å²) in [6.07, 6.45) is 2.70. The van der Waals surface area contributed by atoms with E-state index in [-0.39, 0.29) is 36.3 Å². The third-order valence-electron chi connectivity index (χ3n) is 4.55. The number of rotatable bonds is 9. The van der Waals surface area contributed by atoms with Gasteiger partial charge in [-0.2, -0.15) is 8.78 Å². The number of nitrogens with one attached hydrogen (secondary N) is 2. The molecular formula is C21H26F2IN5O2. The van der Waals surface area contributed by atoms with E-state index in [1.165, 1.54) is 13.2 Å². The average Bonchev–Trinajstić information content (AvgIpc) is 3.17. The minimum absolute atomic E-state index is 0. The lowest BCUT2D eigenvalue weighted by molar-refractivity contribution is -0.0504. The predicted octanol–water partition coefficient (Wildman–Crippen LogP) is 4.02. The SMILES string of the molecule is CN=C(NCCCn1cnc2ccccc21)NCc1cc(OC)ccc1OC(F)F.I. The van der Waals surface area contributed by atoms with E-state index in [9.17, 15) is 8.78 Å². The maximum atomic E-state index is 12.7. The summed E-state index contributed by atoms with van der Waals surface area (Å²) >= 11 is 0. The van der Waals surface area contributed by atoms with Crippen molar-refractivity contribution in [2.24, 2.45) is 4.99 Å². The quantitative estimate of drug-likeness (QED) is 0.184. The minimum Gasteiger partial charge on any atom is -0.497 e. The lowest BCUT2D eigenvalue weighted by atomic mass is 10.2. The summed E-state index contributed by atoms with van der Waals surface area (Å²) < 4.78 is 37.2. The number of alkyl halides is 2. The number of aliphatic imine (C=N–C) groups is 1. The number of aryl methyl sites for hydroxylation is 1. The van der Waals surface area contributed by atoms with Crippen LogP contribution in [0.1, 0.15) is 12.0 Å².